The number of hydrogen-bond acceptors (Lipinski definition) is 5. The molecule has 2 N–H and O–H groups in total. The molecule has 7 heteroatoms. The van der Waals surface area contributed by atoms with E-state index >= 15 is 0 Å². The fourth-order valence-electron chi connectivity index (χ4n) is 3.40. The maximum Gasteiger partial charge on any atom is 0.260 e. The SMILES string of the molecule is Cl.O=C(COc1ccc(CCNCC(O)COc2ccccc2)cc1)N1CCCCC1. The van der Waals surface area contributed by atoms with E-state index in [4.69, 9.17) is 9.47 Å². The van der Waals surface area contributed by atoms with Gasteiger partial charge in [0, 0.05) is 19.6 Å². The second-order valence-electron chi connectivity index (χ2n) is 7.61. The molecule has 1 saturated heterocycles. The van der Waals surface area contributed by atoms with Gasteiger partial charge in [0.2, 0.25) is 0 Å². The zero-order chi connectivity index (χ0) is 21.0. The maximum absolute atomic E-state index is 12.2. The quantitative estimate of drug-likeness (QED) is 0.517. The molecule has 0 aliphatic carbocycles. The number of carbonyl (C=O) groups excluding carboxylic acids is 1. The van der Waals surface area contributed by atoms with Gasteiger partial charge in [-0.3, -0.25) is 4.79 Å². The van der Waals surface area contributed by atoms with Gasteiger partial charge in [0.05, 0.1) is 0 Å². The first-order chi connectivity index (χ1) is 14.7. The van der Waals surface area contributed by atoms with Gasteiger partial charge < -0.3 is 24.8 Å². The van der Waals surface area contributed by atoms with Crippen molar-refractivity contribution in [2.75, 3.05) is 39.4 Å². The highest BCUT2D eigenvalue weighted by atomic mass is 35.5. The average Bonchev–Trinajstić information content (AvgIpc) is 2.81. The predicted molar refractivity (Wildman–Crippen MR) is 124 cm³/mol. The summed E-state index contributed by atoms with van der Waals surface area (Å²) in [5.41, 5.74) is 1.17. The van der Waals surface area contributed by atoms with Crippen LogP contribution < -0.4 is 14.8 Å². The summed E-state index contributed by atoms with van der Waals surface area (Å²) in [6.45, 7) is 3.30. The van der Waals surface area contributed by atoms with E-state index in [2.05, 4.69) is 5.32 Å². The largest absolute Gasteiger partial charge is 0.491 e. The molecule has 0 aromatic heterocycles. The highest BCUT2D eigenvalue weighted by Gasteiger charge is 2.16. The molecule has 1 atom stereocenters. The lowest BCUT2D eigenvalue weighted by atomic mass is 10.1. The van der Waals surface area contributed by atoms with E-state index in [0.717, 1.165) is 44.6 Å². The van der Waals surface area contributed by atoms with E-state index in [-0.39, 0.29) is 31.5 Å². The van der Waals surface area contributed by atoms with Crippen molar-refractivity contribution < 1.29 is 19.4 Å². The van der Waals surface area contributed by atoms with E-state index in [9.17, 15) is 9.90 Å². The van der Waals surface area contributed by atoms with E-state index in [1.54, 1.807) is 0 Å². The molecule has 1 amide bonds. The lowest BCUT2D eigenvalue weighted by Gasteiger charge is -2.26. The Kier molecular flexibility index (Phi) is 11.2. The summed E-state index contributed by atoms with van der Waals surface area (Å²) < 4.78 is 11.2. The molecule has 0 spiro atoms. The number of benzene rings is 2. The van der Waals surface area contributed by atoms with Crippen molar-refractivity contribution in [1.29, 1.82) is 0 Å². The Morgan fingerprint density at radius 3 is 2.35 bits per heavy atom. The predicted octanol–water partition coefficient (Wildman–Crippen LogP) is 3.07. The first-order valence-electron chi connectivity index (χ1n) is 10.8. The number of ether oxygens (including phenoxy) is 2. The molecule has 1 aliphatic heterocycles. The molecule has 0 radical (unpaired) electrons. The van der Waals surface area contributed by atoms with E-state index < -0.39 is 6.10 Å². The van der Waals surface area contributed by atoms with Crippen molar-refractivity contribution in [3.63, 3.8) is 0 Å². The van der Waals surface area contributed by atoms with Crippen LogP contribution in [0.1, 0.15) is 24.8 Å². The fraction of sp³-hybridized carbons (Fsp3) is 0.458. The number of carbonyl (C=O) groups is 1. The Balaban J connectivity index is 0.00000341. The minimum absolute atomic E-state index is 0. The number of para-hydroxylation sites is 1. The lowest BCUT2D eigenvalue weighted by molar-refractivity contribution is -0.134. The summed E-state index contributed by atoms with van der Waals surface area (Å²) in [6.07, 6.45) is 3.68. The van der Waals surface area contributed by atoms with Crippen molar-refractivity contribution in [3.8, 4) is 11.5 Å². The van der Waals surface area contributed by atoms with Gasteiger partial charge in [-0.15, -0.1) is 12.4 Å². The van der Waals surface area contributed by atoms with Gasteiger partial charge in [-0.1, -0.05) is 30.3 Å². The fourth-order valence-corrected chi connectivity index (χ4v) is 3.40. The molecule has 2 aromatic carbocycles. The van der Waals surface area contributed by atoms with Gasteiger partial charge in [-0.05, 0) is 62.1 Å². The van der Waals surface area contributed by atoms with Crippen molar-refractivity contribution in [2.45, 2.75) is 31.8 Å². The molecule has 1 aliphatic rings. The Morgan fingerprint density at radius 2 is 1.65 bits per heavy atom. The van der Waals surface area contributed by atoms with Gasteiger partial charge in [0.1, 0.15) is 24.2 Å². The molecular weight excluding hydrogens is 416 g/mol. The van der Waals surface area contributed by atoms with Gasteiger partial charge in [0.25, 0.3) is 5.91 Å². The van der Waals surface area contributed by atoms with E-state index in [1.165, 1.54) is 12.0 Å². The molecule has 1 heterocycles. The molecule has 6 nitrogen and oxygen atoms in total. The topological polar surface area (TPSA) is 71.0 Å². The number of piperidine rings is 1. The molecule has 3 rings (SSSR count). The van der Waals surface area contributed by atoms with Crippen LogP contribution in [0.3, 0.4) is 0 Å². The summed E-state index contributed by atoms with van der Waals surface area (Å²) in [6, 6.07) is 17.3. The number of aliphatic hydroxyl groups excluding tert-OH is 1. The zero-order valence-electron chi connectivity index (χ0n) is 17.9. The minimum atomic E-state index is -0.557. The van der Waals surface area contributed by atoms with Crippen LogP contribution in [0.25, 0.3) is 0 Å². The smallest absolute Gasteiger partial charge is 0.260 e. The second kappa shape index (κ2) is 13.9. The Hall–Kier alpha value is -2.28. The second-order valence-corrected chi connectivity index (χ2v) is 7.61. The Labute approximate surface area is 191 Å². The van der Waals surface area contributed by atoms with Gasteiger partial charge in [-0.25, -0.2) is 0 Å². The molecule has 0 saturated carbocycles. The number of likely N-dealkylation sites (tertiary alicyclic amines) is 1. The number of nitrogens with zero attached hydrogens (tertiary/aromatic N) is 1. The van der Waals surface area contributed by atoms with Gasteiger partial charge in [-0.2, -0.15) is 0 Å². The number of nitrogens with one attached hydrogen (secondary N) is 1. The molecule has 1 unspecified atom stereocenters. The van der Waals surface area contributed by atoms with Gasteiger partial charge in [0.15, 0.2) is 6.61 Å². The standard InChI is InChI=1S/C24H32N2O4.ClH/c27-21(18-29-22-7-3-1-4-8-22)17-25-14-13-20-9-11-23(12-10-20)30-19-24(28)26-15-5-2-6-16-26;/h1,3-4,7-12,21,25,27H,2,5-6,13-19H2;1H. The van der Waals surface area contributed by atoms with Crippen molar-refractivity contribution in [2.24, 2.45) is 0 Å². The van der Waals surface area contributed by atoms with Crippen LogP contribution in [0, 0.1) is 0 Å². The van der Waals surface area contributed by atoms with E-state index in [1.807, 2.05) is 59.5 Å². The number of halogens is 1. The number of aliphatic hydroxyl groups is 1. The van der Waals surface area contributed by atoms with E-state index in [0.29, 0.717) is 12.3 Å². The highest BCUT2D eigenvalue weighted by molar-refractivity contribution is 5.85. The van der Waals surface area contributed by atoms with Crippen LogP contribution in [0.4, 0.5) is 0 Å². The number of hydrogen-bond donors (Lipinski definition) is 2. The average molecular weight is 449 g/mol. The van der Waals surface area contributed by atoms with Crippen LogP contribution >= 0.6 is 12.4 Å². The first-order valence-corrected chi connectivity index (χ1v) is 10.8. The third-order valence-electron chi connectivity index (χ3n) is 5.15. The summed E-state index contributed by atoms with van der Waals surface area (Å²) >= 11 is 0. The number of rotatable bonds is 11. The molecule has 0 bridgehead atoms. The first kappa shape index (κ1) is 25.0. The maximum atomic E-state index is 12.2. The minimum Gasteiger partial charge on any atom is -0.491 e. The molecule has 1 fully saturated rings. The third kappa shape index (κ3) is 9.17. The normalized spacial score (nSPS) is 14.4. The summed E-state index contributed by atoms with van der Waals surface area (Å²) in [5.74, 6) is 1.54. The van der Waals surface area contributed by atoms with Crippen molar-refractivity contribution in [1.82, 2.24) is 10.2 Å². The van der Waals surface area contributed by atoms with Crippen LogP contribution in [-0.2, 0) is 11.2 Å². The van der Waals surface area contributed by atoms with Crippen molar-refractivity contribution in [3.05, 3.63) is 60.2 Å². The highest BCUT2D eigenvalue weighted by Crippen LogP contribution is 2.14. The molecule has 31 heavy (non-hydrogen) atoms. The van der Waals surface area contributed by atoms with Crippen LogP contribution in [0.2, 0.25) is 0 Å². The molecule has 2 aromatic rings. The zero-order valence-corrected chi connectivity index (χ0v) is 18.7. The Morgan fingerprint density at radius 1 is 0.968 bits per heavy atom. The van der Waals surface area contributed by atoms with Gasteiger partial charge >= 0.3 is 0 Å². The molecule has 170 valence electrons. The number of amides is 1. The van der Waals surface area contributed by atoms with Crippen LogP contribution in [0.5, 0.6) is 11.5 Å². The van der Waals surface area contributed by atoms with Crippen molar-refractivity contribution >= 4 is 18.3 Å². The Bertz CT molecular complexity index is 752. The molecular formula is C24H33ClN2O4. The lowest BCUT2D eigenvalue weighted by Crippen LogP contribution is -2.38. The third-order valence-corrected chi connectivity index (χ3v) is 5.15. The summed E-state index contributed by atoms with van der Waals surface area (Å²) in [7, 11) is 0. The summed E-state index contributed by atoms with van der Waals surface area (Å²) in [5, 5.41) is 13.3. The summed E-state index contributed by atoms with van der Waals surface area (Å²) in [4.78, 5) is 14.0. The monoisotopic (exact) mass is 448 g/mol. The van der Waals surface area contributed by atoms with Crippen LogP contribution in [-0.4, -0.2) is 61.4 Å². The van der Waals surface area contributed by atoms with Crippen LogP contribution in [0.15, 0.2) is 54.6 Å².